The summed E-state index contributed by atoms with van der Waals surface area (Å²) >= 11 is 0. The standard InChI is InChI=1S/C15H17NO4/c1-3-4-7-20-15(18)11-8-10-12(9-14(11)19-2)16-6-5-13(10)17/h5-6,8-9H,3-4,7H2,1-2H3,(H,16,17). The van der Waals surface area contributed by atoms with Crippen LogP contribution >= 0.6 is 0 Å². The molecule has 106 valence electrons. The second-order valence-corrected chi connectivity index (χ2v) is 4.43. The van der Waals surface area contributed by atoms with E-state index in [1.54, 1.807) is 12.3 Å². The molecule has 0 amide bonds. The van der Waals surface area contributed by atoms with Gasteiger partial charge in [-0.05, 0) is 12.5 Å². The van der Waals surface area contributed by atoms with Crippen molar-refractivity contribution in [2.24, 2.45) is 0 Å². The van der Waals surface area contributed by atoms with Crippen LogP contribution < -0.4 is 10.2 Å². The molecular formula is C15H17NO4. The topological polar surface area (TPSA) is 68.4 Å². The van der Waals surface area contributed by atoms with Gasteiger partial charge in [-0.2, -0.15) is 0 Å². The van der Waals surface area contributed by atoms with Crippen molar-refractivity contribution in [2.45, 2.75) is 19.8 Å². The molecule has 0 bridgehead atoms. The molecule has 20 heavy (non-hydrogen) atoms. The summed E-state index contributed by atoms with van der Waals surface area (Å²) in [5.41, 5.74) is 0.747. The number of esters is 1. The van der Waals surface area contributed by atoms with Crippen molar-refractivity contribution in [3.05, 3.63) is 40.2 Å². The molecule has 1 aromatic heterocycles. The molecule has 0 atom stereocenters. The number of nitrogens with one attached hydrogen (secondary N) is 1. The maximum absolute atomic E-state index is 12.0. The van der Waals surface area contributed by atoms with Crippen LogP contribution in [0.15, 0.2) is 29.2 Å². The van der Waals surface area contributed by atoms with E-state index in [1.807, 2.05) is 6.92 Å². The Morgan fingerprint density at radius 3 is 2.85 bits per heavy atom. The highest BCUT2D eigenvalue weighted by molar-refractivity contribution is 5.97. The van der Waals surface area contributed by atoms with Gasteiger partial charge in [0.05, 0.1) is 19.2 Å². The molecule has 0 aliphatic rings. The molecule has 5 nitrogen and oxygen atoms in total. The van der Waals surface area contributed by atoms with E-state index in [9.17, 15) is 9.59 Å². The van der Waals surface area contributed by atoms with Gasteiger partial charge in [0.25, 0.3) is 0 Å². The third-order valence-corrected chi connectivity index (χ3v) is 3.03. The number of rotatable bonds is 5. The molecule has 0 saturated heterocycles. The Kier molecular flexibility index (Phi) is 4.40. The van der Waals surface area contributed by atoms with E-state index in [1.165, 1.54) is 19.2 Å². The van der Waals surface area contributed by atoms with Gasteiger partial charge < -0.3 is 14.5 Å². The highest BCUT2D eigenvalue weighted by atomic mass is 16.5. The minimum absolute atomic E-state index is 0.149. The minimum atomic E-state index is -0.472. The summed E-state index contributed by atoms with van der Waals surface area (Å²) in [5, 5.41) is 0.441. The number of hydrogen-bond donors (Lipinski definition) is 1. The zero-order chi connectivity index (χ0) is 14.5. The van der Waals surface area contributed by atoms with E-state index in [4.69, 9.17) is 9.47 Å². The first kappa shape index (κ1) is 14.1. The fourth-order valence-electron chi connectivity index (χ4n) is 1.92. The van der Waals surface area contributed by atoms with Gasteiger partial charge >= 0.3 is 5.97 Å². The summed E-state index contributed by atoms with van der Waals surface area (Å²) in [4.78, 5) is 26.8. The Labute approximate surface area is 116 Å². The average molecular weight is 275 g/mol. The molecule has 0 saturated carbocycles. The van der Waals surface area contributed by atoms with Gasteiger partial charge in [0.15, 0.2) is 5.43 Å². The van der Waals surface area contributed by atoms with Gasteiger partial charge in [-0.15, -0.1) is 0 Å². The van der Waals surface area contributed by atoms with Crippen LogP contribution in [0.4, 0.5) is 0 Å². The average Bonchev–Trinajstić information content (AvgIpc) is 2.46. The van der Waals surface area contributed by atoms with Crippen molar-refractivity contribution in [1.29, 1.82) is 0 Å². The summed E-state index contributed by atoms with van der Waals surface area (Å²) in [7, 11) is 1.48. The van der Waals surface area contributed by atoms with Crippen LogP contribution in [0.25, 0.3) is 10.9 Å². The molecule has 0 aliphatic carbocycles. The predicted octanol–water partition coefficient (Wildman–Crippen LogP) is 2.49. The van der Waals surface area contributed by atoms with Crippen LogP contribution in [-0.4, -0.2) is 24.7 Å². The highest BCUT2D eigenvalue weighted by Gasteiger charge is 2.16. The molecule has 0 radical (unpaired) electrons. The monoisotopic (exact) mass is 275 g/mol. The van der Waals surface area contributed by atoms with Crippen molar-refractivity contribution in [3.63, 3.8) is 0 Å². The summed E-state index contributed by atoms with van der Waals surface area (Å²) in [6.07, 6.45) is 3.31. The van der Waals surface area contributed by atoms with E-state index in [0.717, 1.165) is 12.8 Å². The number of aromatic nitrogens is 1. The molecule has 2 rings (SSSR count). The van der Waals surface area contributed by atoms with E-state index >= 15 is 0 Å². The normalized spacial score (nSPS) is 10.5. The Hall–Kier alpha value is -2.30. The van der Waals surface area contributed by atoms with Crippen molar-refractivity contribution < 1.29 is 14.3 Å². The number of aromatic amines is 1. The van der Waals surface area contributed by atoms with Crippen molar-refractivity contribution in [2.75, 3.05) is 13.7 Å². The Morgan fingerprint density at radius 2 is 2.15 bits per heavy atom. The van der Waals surface area contributed by atoms with E-state index in [-0.39, 0.29) is 11.0 Å². The first-order chi connectivity index (χ1) is 9.67. The third kappa shape index (κ3) is 2.82. The van der Waals surface area contributed by atoms with Crippen molar-refractivity contribution in [3.8, 4) is 5.75 Å². The number of hydrogen-bond acceptors (Lipinski definition) is 4. The lowest BCUT2D eigenvalue weighted by atomic mass is 10.1. The lowest BCUT2D eigenvalue weighted by Crippen LogP contribution is -2.10. The van der Waals surface area contributed by atoms with Gasteiger partial charge in [0, 0.05) is 23.7 Å². The maximum Gasteiger partial charge on any atom is 0.341 e. The number of pyridine rings is 1. The van der Waals surface area contributed by atoms with E-state index < -0.39 is 5.97 Å². The summed E-state index contributed by atoms with van der Waals surface area (Å²) in [6, 6.07) is 4.56. The lowest BCUT2D eigenvalue weighted by Gasteiger charge is -2.10. The van der Waals surface area contributed by atoms with Crippen LogP contribution in [0, 0.1) is 0 Å². The van der Waals surface area contributed by atoms with Gasteiger partial charge in [-0.25, -0.2) is 4.79 Å². The van der Waals surface area contributed by atoms with Crippen molar-refractivity contribution in [1.82, 2.24) is 4.98 Å². The second kappa shape index (κ2) is 6.23. The molecule has 1 aromatic carbocycles. The van der Waals surface area contributed by atoms with E-state index in [0.29, 0.717) is 23.3 Å². The van der Waals surface area contributed by atoms with E-state index in [2.05, 4.69) is 4.98 Å². The third-order valence-electron chi connectivity index (χ3n) is 3.03. The smallest absolute Gasteiger partial charge is 0.341 e. The van der Waals surface area contributed by atoms with Gasteiger partial charge in [-0.1, -0.05) is 13.3 Å². The van der Waals surface area contributed by atoms with Crippen LogP contribution in [-0.2, 0) is 4.74 Å². The number of carbonyl (C=O) groups is 1. The SMILES string of the molecule is CCCCOC(=O)c1cc2c(=O)cc[nH]c2cc1OC. The van der Waals surface area contributed by atoms with Crippen LogP contribution in [0.3, 0.4) is 0 Å². The van der Waals surface area contributed by atoms with Crippen LogP contribution in [0.2, 0.25) is 0 Å². The van der Waals surface area contributed by atoms with Gasteiger partial charge in [0.1, 0.15) is 11.3 Å². The molecular weight excluding hydrogens is 258 g/mol. The lowest BCUT2D eigenvalue weighted by molar-refractivity contribution is 0.0496. The highest BCUT2D eigenvalue weighted by Crippen LogP contribution is 2.24. The molecule has 0 aliphatic heterocycles. The molecule has 2 aromatic rings. The number of methoxy groups -OCH3 is 1. The van der Waals surface area contributed by atoms with Crippen LogP contribution in [0.1, 0.15) is 30.1 Å². The molecule has 1 N–H and O–H groups in total. The first-order valence-corrected chi connectivity index (χ1v) is 6.54. The summed E-state index contributed by atoms with van der Waals surface area (Å²) in [5.74, 6) is -0.0821. The summed E-state index contributed by atoms with van der Waals surface area (Å²) in [6.45, 7) is 2.38. The first-order valence-electron chi connectivity index (χ1n) is 6.54. The zero-order valence-corrected chi connectivity index (χ0v) is 11.6. The maximum atomic E-state index is 12.0. The minimum Gasteiger partial charge on any atom is -0.496 e. The van der Waals surface area contributed by atoms with Gasteiger partial charge in [0.2, 0.25) is 0 Å². The number of unbranched alkanes of at least 4 members (excludes halogenated alkanes) is 1. The summed E-state index contributed by atoms with van der Waals surface area (Å²) < 4.78 is 10.4. The number of benzene rings is 1. The van der Waals surface area contributed by atoms with Crippen LogP contribution in [0.5, 0.6) is 5.75 Å². The number of H-pyrrole nitrogens is 1. The van der Waals surface area contributed by atoms with Gasteiger partial charge in [-0.3, -0.25) is 4.79 Å². The molecule has 1 heterocycles. The molecule has 5 heteroatoms. The fourth-order valence-corrected chi connectivity index (χ4v) is 1.92. The quantitative estimate of drug-likeness (QED) is 0.672. The number of carbonyl (C=O) groups excluding carboxylic acids is 1. The zero-order valence-electron chi connectivity index (χ0n) is 11.6. The molecule has 0 fully saturated rings. The number of ether oxygens (including phenoxy) is 2. The molecule has 0 spiro atoms. The second-order valence-electron chi connectivity index (χ2n) is 4.43. The predicted molar refractivity (Wildman–Crippen MR) is 76.3 cm³/mol. The van der Waals surface area contributed by atoms with Crippen molar-refractivity contribution >= 4 is 16.9 Å². The molecule has 0 unspecified atom stereocenters. The largest absolute Gasteiger partial charge is 0.496 e. The Bertz CT molecular complexity index is 675. The number of fused-ring (bicyclic) bond motifs is 1. The Morgan fingerprint density at radius 1 is 1.35 bits per heavy atom. The Balaban J connectivity index is 2.43. The fraction of sp³-hybridized carbons (Fsp3) is 0.333.